The van der Waals surface area contributed by atoms with Crippen LogP contribution in [0.25, 0.3) is 0 Å². The number of methoxy groups -OCH3 is 1. The molecule has 0 atom stereocenters. The molecule has 0 aliphatic rings. The molecule has 1 aromatic rings. The Morgan fingerprint density at radius 3 is 2.50 bits per heavy atom. The first-order valence-corrected chi connectivity index (χ1v) is 6.21. The molecule has 20 heavy (non-hydrogen) atoms. The van der Waals surface area contributed by atoms with Crippen LogP contribution in [0.15, 0.2) is 10.1 Å². The molecule has 0 unspecified atom stereocenters. The summed E-state index contributed by atoms with van der Waals surface area (Å²) in [6.45, 7) is 4.58. The van der Waals surface area contributed by atoms with Gasteiger partial charge in [0.25, 0.3) is 0 Å². The molecule has 1 rings (SSSR count). The molecule has 0 saturated carbocycles. The van der Waals surface area contributed by atoms with Gasteiger partial charge in [-0.2, -0.15) is 0 Å². The quantitative estimate of drug-likeness (QED) is 0.348. The SMILES string of the molecule is C=Nc1sc(N(C)C)nc1C(=NOC(C)=O)C(=O)OC. The maximum Gasteiger partial charge on any atom is 0.362 e. The molecule has 8 nitrogen and oxygen atoms in total. The van der Waals surface area contributed by atoms with E-state index < -0.39 is 11.9 Å². The van der Waals surface area contributed by atoms with E-state index in [-0.39, 0.29) is 11.4 Å². The summed E-state index contributed by atoms with van der Waals surface area (Å²) in [6, 6.07) is 0. The van der Waals surface area contributed by atoms with Gasteiger partial charge in [0.05, 0.1) is 7.11 Å². The van der Waals surface area contributed by atoms with E-state index in [1.165, 1.54) is 18.4 Å². The van der Waals surface area contributed by atoms with Gasteiger partial charge in [0.2, 0.25) is 5.71 Å². The fourth-order valence-electron chi connectivity index (χ4n) is 1.14. The van der Waals surface area contributed by atoms with Crippen LogP contribution >= 0.6 is 11.3 Å². The summed E-state index contributed by atoms with van der Waals surface area (Å²) in [4.78, 5) is 36.8. The zero-order valence-corrected chi connectivity index (χ0v) is 12.4. The zero-order valence-electron chi connectivity index (χ0n) is 11.5. The van der Waals surface area contributed by atoms with Gasteiger partial charge in [0, 0.05) is 21.0 Å². The Morgan fingerprint density at radius 1 is 1.40 bits per heavy atom. The van der Waals surface area contributed by atoms with Gasteiger partial charge in [0.15, 0.2) is 5.13 Å². The molecule has 0 N–H and O–H groups in total. The lowest BCUT2D eigenvalue weighted by molar-refractivity contribution is -0.141. The van der Waals surface area contributed by atoms with Crippen LogP contribution in [0.5, 0.6) is 0 Å². The minimum absolute atomic E-state index is 0.154. The van der Waals surface area contributed by atoms with Crippen LogP contribution in [0, 0.1) is 0 Å². The lowest BCUT2D eigenvalue weighted by atomic mass is 10.3. The van der Waals surface area contributed by atoms with Crippen LogP contribution in [-0.2, 0) is 19.2 Å². The van der Waals surface area contributed by atoms with Crippen molar-refractivity contribution in [1.82, 2.24) is 4.98 Å². The van der Waals surface area contributed by atoms with E-state index in [1.807, 2.05) is 0 Å². The number of thiazole rings is 1. The maximum absolute atomic E-state index is 11.7. The second-order valence-electron chi connectivity index (χ2n) is 3.72. The van der Waals surface area contributed by atoms with Gasteiger partial charge in [-0.15, -0.1) is 0 Å². The van der Waals surface area contributed by atoms with E-state index in [9.17, 15) is 9.59 Å². The molecule has 9 heteroatoms. The highest BCUT2D eigenvalue weighted by atomic mass is 32.1. The fourth-order valence-corrected chi connectivity index (χ4v) is 1.93. The Bertz CT molecular complexity index is 565. The summed E-state index contributed by atoms with van der Waals surface area (Å²) < 4.78 is 4.60. The van der Waals surface area contributed by atoms with Crippen LogP contribution in [0.2, 0.25) is 0 Å². The summed E-state index contributed by atoms with van der Waals surface area (Å²) >= 11 is 1.21. The summed E-state index contributed by atoms with van der Waals surface area (Å²) in [5, 5.41) is 4.45. The molecule has 0 amide bonds. The van der Waals surface area contributed by atoms with Gasteiger partial charge in [-0.05, 0) is 6.72 Å². The fraction of sp³-hybridized carbons (Fsp3) is 0.364. The van der Waals surface area contributed by atoms with Crippen LogP contribution in [0.4, 0.5) is 10.1 Å². The number of aromatic nitrogens is 1. The minimum Gasteiger partial charge on any atom is -0.464 e. The van der Waals surface area contributed by atoms with E-state index in [1.54, 1.807) is 19.0 Å². The molecule has 1 aromatic heterocycles. The standard InChI is InChI=1S/C11H14N4O4S/c1-6(16)19-14-8(10(17)18-5)7-9(12-2)20-11(13-7)15(3)4/h2H2,1,3-5H3. The number of hydrogen-bond acceptors (Lipinski definition) is 9. The highest BCUT2D eigenvalue weighted by Gasteiger charge is 2.24. The molecule has 0 saturated heterocycles. The molecule has 0 radical (unpaired) electrons. The Kier molecular flexibility index (Phi) is 5.32. The van der Waals surface area contributed by atoms with E-state index in [4.69, 9.17) is 0 Å². The molecular formula is C11H14N4O4S. The van der Waals surface area contributed by atoms with Crippen molar-refractivity contribution in [3.63, 3.8) is 0 Å². The van der Waals surface area contributed by atoms with Crippen LogP contribution in [-0.4, -0.2) is 50.6 Å². The van der Waals surface area contributed by atoms with Crippen molar-refractivity contribution in [1.29, 1.82) is 0 Å². The van der Waals surface area contributed by atoms with Crippen molar-refractivity contribution in [3.8, 4) is 0 Å². The summed E-state index contributed by atoms with van der Waals surface area (Å²) in [5.41, 5.74) is -0.0868. The van der Waals surface area contributed by atoms with E-state index in [0.29, 0.717) is 10.1 Å². The molecule has 0 fully saturated rings. The Morgan fingerprint density at radius 2 is 2.05 bits per heavy atom. The maximum atomic E-state index is 11.7. The summed E-state index contributed by atoms with van der Waals surface area (Å²) in [6.07, 6.45) is 0. The largest absolute Gasteiger partial charge is 0.464 e. The van der Waals surface area contributed by atoms with Crippen LogP contribution < -0.4 is 4.90 Å². The third-order valence-corrected chi connectivity index (χ3v) is 3.15. The summed E-state index contributed by atoms with van der Waals surface area (Å²) in [7, 11) is 4.76. The first-order valence-electron chi connectivity index (χ1n) is 5.39. The number of anilines is 1. The Labute approximate surface area is 119 Å². The third kappa shape index (κ3) is 3.60. The lowest BCUT2D eigenvalue weighted by Gasteiger charge is -2.05. The van der Waals surface area contributed by atoms with Crippen molar-refractivity contribution in [2.75, 3.05) is 26.1 Å². The van der Waals surface area contributed by atoms with Crippen molar-refractivity contribution >= 4 is 45.8 Å². The van der Waals surface area contributed by atoms with E-state index in [2.05, 4.69) is 31.4 Å². The predicted molar refractivity (Wildman–Crippen MR) is 76.0 cm³/mol. The highest BCUT2D eigenvalue weighted by molar-refractivity contribution is 7.19. The van der Waals surface area contributed by atoms with Crippen molar-refractivity contribution in [2.45, 2.75) is 6.92 Å². The summed E-state index contributed by atoms with van der Waals surface area (Å²) in [5.74, 6) is -1.45. The van der Waals surface area contributed by atoms with E-state index in [0.717, 1.165) is 6.92 Å². The second-order valence-corrected chi connectivity index (χ2v) is 4.67. The number of carbonyl (C=O) groups excluding carboxylic acids is 2. The first-order chi connectivity index (χ1) is 9.40. The van der Waals surface area contributed by atoms with Crippen LogP contribution in [0.1, 0.15) is 12.6 Å². The molecule has 0 aromatic carbocycles. The molecular weight excluding hydrogens is 284 g/mol. The molecule has 108 valence electrons. The Balaban J connectivity index is 3.32. The molecule has 0 bridgehead atoms. The van der Waals surface area contributed by atoms with Crippen molar-refractivity contribution in [2.24, 2.45) is 10.1 Å². The van der Waals surface area contributed by atoms with E-state index >= 15 is 0 Å². The minimum atomic E-state index is -0.785. The number of aliphatic imine (C=N–C) groups is 1. The lowest BCUT2D eigenvalue weighted by Crippen LogP contribution is -2.19. The normalized spacial score (nSPS) is 10.9. The number of nitrogens with zero attached hydrogens (tertiary/aromatic N) is 4. The Hall–Kier alpha value is -2.29. The molecule has 0 aliphatic heterocycles. The number of hydrogen-bond donors (Lipinski definition) is 0. The molecule has 0 aliphatic carbocycles. The topological polar surface area (TPSA) is 93.5 Å². The number of rotatable bonds is 5. The average molecular weight is 298 g/mol. The number of esters is 1. The van der Waals surface area contributed by atoms with Gasteiger partial charge in [-0.1, -0.05) is 16.5 Å². The monoisotopic (exact) mass is 298 g/mol. The van der Waals surface area contributed by atoms with Gasteiger partial charge in [-0.3, -0.25) is 4.99 Å². The number of carbonyl (C=O) groups is 2. The van der Waals surface area contributed by atoms with Gasteiger partial charge in [-0.25, -0.2) is 14.6 Å². The second kappa shape index (κ2) is 6.75. The van der Waals surface area contributed by atoms with Gasteiger partial charge >= 0.3 is 11.9 Å². The van der Waals surface area contributed by atoms with Crippen molar-refractivity contribution in [3.05, 3.63) is 5.69 Å². The van der Waals surface area contributed by atoms with Gasteiger partial charge < -0.3 is 14.5 Å². The average Bonchev–Trinajstić information content (AvgIpc) is 2.82. The third-order valence-electron chi connectivity index (χ3n) is 1.99. The predicted octanol–water partition coefficient (Wildman–Crippen LogP) is 0.981. The molecule has 0 spiro atoms. The first kappa shape index (κ1) is 15.8. The van der Waals surface area contributed by atoms with Crippen LogP contribution in [0.3, 0.4) is 0 Å². The zero-order chi connectivity index (χ0) is 15.3. The van der Waals surface area contributed by atoms with Gasteiger partial charge in [0.1, 0.15) is 10.7 Å². The number of oxime groups is 1. The highest BCUT2D eigenvalue weighted by Crippen LogP contribution is 2.32. The smallest absolute Gasteiger partial charge is 0.362 e. The van der Waals surface area contributed by atoms with Crippen molar-refractivity contribution < 1.29 is 19.2 Å². The molecule has 1 heterocycles. The number of ether oxygens (including phenoxy) is 1.